The summed E-state index contributed by atoms with van der Waals surface area (Å²) >= 11 is 0. The zero-order valence-electron chi connectivity index (χ0n) is 17.6. The molecule has 0 radical (unpaired) electrons. The fourth-order valence-electron chi connectivity index (χ4n) is 4.20. The van der Waals surface area contributed by atoms with E-state index < -0.39 is 0 Å². The maximum absolute atomic E-state index is 12.4. The van der Waals surface area contributed by atoms with E-state index in [0.717, 1.165) is 67.5 Å². The molecule has 3 heterocycles. The highest BCUT2D eigenvalue weighted by Gasteiger charge is 2.38. The highest BCUT2D eigenvalue weighted by Crippen LogP contribution is 2.37. The molecule has 3 aliphatic rings. The van der Waals surface area contributed by atoms with Crippen LogP contribution in [0.5, 0.6) is 5.75 Å². The van der Waals surface area contributed by atoms with Crippen molar-refractivity contribution in [3.05, 3.63) is 30.0 Å². The molecule has 30 heavy (non-hydrogen) atoms. The van der Waals surface area contributed by atoms with Gasteiger partial charge in [-0.25, -0.2) is 4.98 Å². The largest absolute Gasteiger partial charge is 0.494 e. The number of methoxy groups -OCH3 is 1. The van der Waals surface area contributed by atoms with Gasteiger partial charge in [-0.3, -0.25) is 9.69 Å². The summed E-state index contributed by atoms with van der Waals surface area (Å²) in [6.07, 6.45) is 5.21. The number of carbonyl (C=O) groups is 1. The van der Waals surface area contributed by atoms with E-state index in [2.05, 4.69) is 39.3 Å². The van der Waals surface area contributed by atoms with Gasteiger partial charge >= 0.3 is 0 Å². The van der Waals surface area contributed by atoms with Crippen LogP contribution in [0.15, 0.2) is 24.4 Å². The highest BCUT2D eigenvalue weighted by molar-refractivity contribution is 5.96. The van der Waals surface area contributed by atoms with Crippen molar-refractivity contribution < 1.29 is 9.53 Å². The van der Waals surface area contributed by atoms with Crippen molar-refractivity contribution in [2.24, 2.45) is 0 Å². The highest BCUT2D eigenvalue weighted by atomic mass is 16.5. The molecule has 0 unspecified atom stereocenters. The minimum atomic E-state index is 0.170. The first-order valence-corrected chi connectivity index (χ1v) is 10.7. The maximum Gasteiger partial charge on any atom is 0.229 e. The smallest absolute Gasteiger partial charge is 0.229 e. The monoisotopic (exact) mass is 408 g/mol. The van der Waals surface area contributed by atoms with Crippen molar-refractivity contribution in [1.29, 1.82) is 0 Å². The fraction of sp³-hybridized carbons (Fsp3) is 0.500. The molecule has 5 rings (SSSR count). The van der Waals surface area contributed by atoms with Crippen molar-refractivity contribution >= 4 is 29.0 Å². The summed E-state index contributed by atoms with van der Waals surface area (Å²) in [5.74, 6) is 2.17. The van der Waals surface area contributed by atoms with E-state index in [1.807, 2.05) is 17.2 Å². The molecule has 1 N–H and O–H groups in total. The Bertz CT molecular complexity index is 953. The number of benzene rings is 1. The normalized spacial score (nSPS) is 19.6. The third-order valence-corrected chi connectivity index (χ3v) is 6.16. The number of ether oxygens (including phenoxy) is 1. The van der Waals surface area contributed by atoms with E-state index in [0.29, 0.717) is 24.8 Å². The molecule has 1 aliphatic carbocycles. The zero-order chi connectivity index (χ0) is 20.7. The van der Waals surface area contributed by atoms with Gasteiger partial charge in [-0.05, 0) is 38.4 Å². The van der Waals surface area contributed by atoms with Crippen LogP contribution in [0.2, 0.25) is 0 Å². The number of carbonyl (C=O) groups excluding carboxylic acids is 1. The summed E-state index contributed by atoms with van der Waals surface area (Å²) in [4.78, 5) is 28.2. The lowest BCUT2D eigenvalue weighted by molar-refractivity contribution is -0.119. The summed E-state index contributed by atoms with van der Waals surface area (Å²) in [5, 5.41) is 3.29. The molecule has 158 valence electrons. The fourth-order valence-corrected chi connectivity index (χ4v) is 4.20. The van der Waals surface area contributed by atoms with Crippen LogP contribution in [-0.4, -0.2) is 67.2 Å². The average molecular weight is 409 g/mol. The summed E-state index contributed by atoms with van der Waals surface area (Å²) in [7, 11) is 3.83. The van der Waals surface area contributed by atoms with Gasteiger partial charge in [0.05, 0.1) is 12.8 Å². The minimum Gasteiger partial charge on any atom is -0.494 e. The number of piperazine rings is 1. The Balaban J connectivity index is 1.38. The van der Waals surface area contributed by atoms with Crippen molar-refractivity contribution in [3.63, 3.8) is 0 Å². The van der Waals surface area contributed by atoms with Crippen LogP contribution in [0.4, 0.5) is 23.1 Å². The van der Waals surface area contributed by atoms with E-state index in [9.17, 15) is 4.79 Å². The lowest BCUT2D eigenvalue weighted by Gasteiger charge is -2.34. The lowest BCUT2D eigenvalue weighted by Crippen LogP contribution is -2.44. The zero-order valence-corrected chi connectivity index (χ0v) is 17.6. The molecular formula is C22H28N6O2. The first-order chi connectivity index (χ1) is 14.6. The van der Waals surface area contributed by atoms with E-state index in [-0.39, 0.29) is 5.91 Å². The summed E-state index contributed by atoms with van der Waals surface area (Å²) in [6.45, 7) is 4.12. The van der Waals surface area contributed by atoms with Crippen LogP contribution in [0, 0.1) is 0 Å². The molecule has 2 aliphatic heterocycles. The molecule has 8 heteroatoms. The Labute approximate surface area is 176 Å². The quantitative estimate of drug-likeness (QED) is 0.814. The standard InChI is InChI=1S/C22H28N6O2/c1-26-9-11-27(12-10-26)17-6-7-18(19(13-17)30-2)24-22-23-14-15-3-8-20(29)28(16-4-5-16)21(15)25-22/h6-7,13-14,16H,3-5,8-12H2,1-2H3,(H,23,24,25). The Morgan fingerprint density at radius 1 is 1.13 bits per heavy atom. The third-order valence-electron chi connectivity index (χ3n) is 6.16. The SMILES string of the molecule is COc1cc(N2CCN(C)CC2)ccc1Nc1ncc2c(n1)N(C1CC1)C(=O)CC2. The number of nitrogens with zero attached hydrogens (tertiary/aromatic N) is 5. The number of hydrogen-bond donors (Lipinski definition) is 1. The Morgan fingerprint density at radius 3 is 2.67 bits per heavy atom. The van der Waals surface area contributed by atoms with Gasteiger partial charge < -0.3 is 19.9 Å². The predicted octanol–water partition coefficient (Wildman–Crippen LogP) is 2.42. The van der Waals surface area contributed by atoms with Crippen LogP contribution in [0.1, 0.15) is 24.8 Å². The number of aromatic nitrogens is 2. The molecule has 0 atom stereocenters. The summed E-state index contributed by atoms with van der Waals surface area (Å²) < 4.78 is 5.65. The average Bonchev–Trinajstić information content (AvgIpc) is 3.59. The number of fused-ring (bicyclic) bond motifs is 1. The molecule has 8 nitrogen and oxygen atoms in total. The van der Waals surface area contributed by atoms with Crippen LogP contribution in [0.3, 0.4) is 0 Å². The Morgan fingerprint density at radius 2 is 1.93 bits per heavy atom. The van der Waals surface area contributed by atoms with Crippen LogP contribution >= 0.6 is 0 Å². The number of hydrogen-bond acceptors (Lipinski definition) is 7. The second-order valence-corrected chi connectivity index (χ2v) is 8.34. The molecule has 1 aromatic carbocycles. The van der Waals surface area contributed by atoms with Gasteiger partial charge in [0.25, 0.3) is 0 Å². The summed E-state index contributed by atoms with van der Waals surface area (Å²) in [5.41, 5.74) is 3.02. The molecular weight excluding hydrogens is 380 g/mol. The molecule has 2 fully saturated rings. The van der Waals surface area contributed by atoms with Crippen molar-refractivity contribution in [2.45, 2.75) is 31.7 Å². The molecule has 1 saturated carbocycles. The van der Waals surface area contributed by atoms with Crippen molar-refractivity contribution in [2.75, 3.05) is 55.5 Å². The Kier molecular flexibility index (Phi) is 4.94. The molecule has 0 spiro atoms. The van der Waals surface area contributed by atoms with Gasteiger partial charge in [-0.1, -0.05) is 0 Å². The van der Waals surface area contributed by atoms with E-state index >= 15 is 0 Å². The lowest BCUT2D eigenvalue weighted by atomic mass is 10.1. The predicted molar refractivity (Wildman–Crippen MR) is 117 cm³/mol. The van der Waals surface area contributed by atoms with Gasteiger partial charge in [0.2, 0.25) is 11.9 Å². The van der Waals surface area contributed by atoms with E-state index in [1.165, 1.54) is 0 Å². The number of rotatable bonds is 5. The van der Waals surface area contributed by atoms with Gasteiger partial charge in [0.15, 0.2) is 0 Å². The van der Waals surface area contributed by atoms with Gasteiger partial charge in [-0.2, -0.15) is 4.98 Å². The van der Waals surface area contributed by atoms with Gasteiger partial charge in [-0.15, -0.1) is 0 Å². The Hall–Kier alpha value is -2.87. The van der Waals surface area contributed by atoms with Gasteiger partial charge in [0, 0.05) is 62.2 Å². The molecule has 1 aromatic heterocycles. The minimum absolute atomic E-state index is 0.170. The first kappa shape index (κ1) is 19.1. The maximum atomic E-state index is 12.4. The van der Waals surface area contributed by atoms with Crippen LogP contribution in [0.25, 0.3) is 0 Å². The first-order valence-electron chi connectivity index (χ1n) is 10.7. The van der Waals surface area contributed by atoms with E-state index in [1.54, 1.807) is 7.11 Å². The third kappa shape index (κ3) is 3.67. The molecule has 0 bridgehead atoms. The molecule has 1 amide bonds. The van der Waals surface area contributed by atoms with Gasteiger partial charge in [0.1, 0.15) is 11.6 Å². The van der Waals surface area contributed by atoms with Crippen molar-refractivity contribution in [1.82, 2.24) is 14.9 Å². The second kappa shape index (κ2) is 7.75. The summed E-state index contributed by atoms with van der Waals surface area (Å²) in [6, 6.07) is 6.48. The number of anilines is 4. The van der Waals surface area contributed by atoms with Crippen molar-refractivity contribution in [3.8, 4) is 5.75 Å². The number of nitrogens with one attached hydrogen (secondary N) is 1. The topological polar surface area (TPSA) is 73.8 Å². The number of aryl methyl sites for hydroxylation is 1. The number of likely N-dealkylation sites (N-methyl/N-ethyl adjacent to an activating group) is 1. The van der Waals surface area contributed by atoms with E-state index in [4.69, 9.17) is 9.72 Å². The molecule has 2 aromatic rings. The molecule has 1 saturated heterocycles. The number of amides is 1. The van der Waals surface area contributed by atoms with Crippen LogP contribution < -0.4 is 19.9 Å². The van der Waals surface area contributed by atoms with Crippen LogP contribution in [-0.2, 0) is 11.2 Å². The second-order valence-electron chi connectivity index (χ2n) is 8.34.